The molecule has 0 aromatic heterocycles. The van der Waals surface area contributed by atoms with Gasteiger partial charge in [0.25, 0.3) is 0 Å². The number of hydrogen-bond acceptors (Lipinski definition) is 0. The molecule has 0 aromatic rings. The molecule has 0 amide bonds. The summed E-state index contributed by atoms with van der Waals surface area (Å²) in [5, 5.41) is 0. The number of rotatable bonds is 6. The summed E-state index contributed by atoms with van der Waals surface area (Å²) in [6.07, 6.45) is 15.8. The van der Waals surface area contributed by atoms with Gasteiger partial charge in [-0.2, -0.15) is 0 Å². The van der Waals surface area contributed by atoms with Gasteiger partial charge in [-0.1, -0.05) is 68.5 Å². The molecule has 0 aliphatic carbocycles. The van der Waals surface area contributed by atoms with E-state index < -0.39 is 0 Å². The van der Waals surface area contributed by atoms with E-state index in [9.17, 15) is 0 Å². The van der Waals surface area contributed by atoms with E-state index in [0.29, 0.717) is 5.92 Å². The molecule has 0 heteroatoms. The maximum Gasteiger partial charge on any atom is -0.00131 e. The van der Waals surface area contributed by atoms with Gasteiger partial charge in [0.2, 0.25) is 0 Å². The Hall–Kier alpha value is -1.30. The predicted octanol–water partition coefficient (Wildman–Crippen LogP) is 5.22. The Balaban J connectivity index is 4.24. The highest BCUT2D eigenvalue weighted by atomic mass is 14.0. The highest BCUT2D eigenvalue weighted by Crippen LogP contribution is 2.12. The third kappa shape index (κ3) is 7.05. The zero-order chi connectivity index (χ0) is 12.4. The van der Waals surface area contributed by atoms with E-state index in [4.69, 9.17) is 0 Å². The van der Waals surface area contributed by atoms with E-state index in [1.807, 2.05) is 0 Å². The van der Waals surface area contributed by atoms with Crippen molar-refractivity contribution in [2.24, 2.45) is 5.92 Å². The molecule has 0 nitrogen and oxygen atoms in total. The largest absolute Gasteiger partial charge is 0.0952 e. The van der Waals surface area contributed by atoms with Gasteiger partial charge in [-0.25, -0.2) is 0 Å². The van der Waals surface area contributed by atoms with Gasteiger partial charge >= 0.3 is 0 Å². The molecule has 1 unspecified atom stereocenters. The minimum absolute atomic E-state index is 0.390. The molecule has 88 valence electrons. The standard InChI is InChI=1S/C16H24/c1-6-8-9-10-11-15(4)16(5)13-12-14(3)7-2/h7-13,16H,4,6H2,1-3,5H3. The molecule has 0 fully saturated rings. The maximum atomic E-state index is 4.06. The molecule has 0 aromatic carbocycles. The van der Waals surface area contributed by atoms with Crippen LogP contribution in [0.3, 0.4) is 0 Å². The molecule has 0 saturated carbocycles. The Morgan fingerprint density at radius 3 is 2.50 bits per heavy atom. The van der Waals surface area contributed by atoms with Crippen molar-refractivity contribution >= 4 is 0 Å². The molecule has 0 saturated heterocycles. The SMILES string of the molecule is C=C(C=CC=CCC)C(C)C=CC(C)=CC. The normalized spacial score (nSPS) is 15.4. The quantitative estimate of drug-likeness (QED) is 0.534. The summed E-state index contributed by atoms with van der Waals surface area (Å²) in [5.41, 5.74) is 2.43. The maximum absolute atomic E-state index is 4.06. The summed E-state index contributed by atoms with van der Waals surface area (Å²) in [6, 6.07) is 0. The van der Waals surface area contributed by atoms with Crippen molar-refractivity contribution < 1.29 is 0 Å². The molecule has 0 heterocycles. The Labute approximate surface area is 101 Å². The Kier molecular flexibility index (Phi) is 8.24. The summed E-state index contributed by atoms with van der Waals surface area (Å²) in [5.74, 6) is 0.390. The Morgan fingerprint density at radius 2 is 1.94 bits per heavy atom. The van der Waals surface area contributed by atoms with E-state index in [-0.39, 0.29) is 0 Å². The van der Waals surface area contributed by atoms with Gasteiger partial charge in [0.15, 0.2) is 0 Å². The van der Waals surface area contributed by atoms with Crippen molar-refractivity contribution in [2.45, 2.75) is 34.1 Å². The van der Waals surface area contributed by atoms with Crippen LogP contribution in [0.4, 0.5) is 0 Å². The van der Waals surface area contributed by atoms with E-state index in [2.05, 4.69) is 76.8 Å². The lowest BCUT2D eigenvalue weighted by molar-refractivity contribution is 0.894. The van der Waals surface area contributed by atoms with Crippen molar-refractivity contribution in [3.8, 4) is 0 Å². The van der Waals surface area contributed by atoms with E-state index in [1.165, 1.54) is 5.57 Å². The number of hydrogen-bond donors (Lipinski definition) is 0. The lowest BCUT2D eigenvalue weighted by atomic mass is 10.0. The topological polar surface area (TPSA) is 0 Å². The molecular weight excluding hydrogens is 192 g/mol. The van der Waals surface area contributed by atoms with Crippen LogP contribution < -0.4 is 0 Å². The van der Waals surface area contributed by atoms with Crippen molar-refractivity contribution in [1.82, 2.24) is 0 Å². The second kappa shape index (κ2) is 8.96. The molecule has 0 aliphatic heterocycles. The second-order valence-corrected chi connectivity index (χ2v) is 3.95. The van der Waals surface area contributed by atoms with Crippen LogP contribution in [0.2, 0.25) is 0 Å². The fourth-order valence-electron chi connectivity index (χ4n) is 1.06. The molecular formula is C16H24. The van der Waals surface area contributed by atoms with Crippen LogP contribution in [0.1, 0.15) is 34.1 Å². The van der Waals surface area contributed by atoms with Gasteiger partial charge in [-0.05, 0) is 31.8 Å². The smallest absolute Gasteiger partial charge is 0.00131 e. The lowest BCUT2D eigenvalue weighted by Gasteiger charge is -2.05. The van der Waals surface area contributed by atoms with E-state index in [0.717, 1.165) is 12.0 Å². The summed E-state index contributed by atoms with van der Waals surface area (Å²) < 4.78 is 0. The average Bonchev–Trinajstić information content (AvgIpc) is 2.30. The summed E-state index contributed by atoms with van der Waals surface area (Å²) >= 11 is 0. The molecule has 0 spiro atoms. The summed E-state index contributed by atoms with van der Waals surface area (Å²) in [7, 11) is 0. The number of allylic oxidation sites excluding steroid dienone is 9. The Morgan fingerprint density at radius 1 is 1.25 bits per heavy atom. The highest BCUT2D eigenvalue weighted by Gasteiger charge is 1.97. The van der Waals surface area contributed by atoms with Crippen molar-refractivity contribution in [3.63, 3.8) is 0 Å². The van der Waals surface area contributed by atoms with Crippen LogP contribution >= 0.6 is 0 Å². The zero-order valence-electron chi connectivity index (χ0n) is 11.0. The molecule has 1 atom stereocenters. The van der Waals surface area contributed by atoms with Crippen LogP contribution in [0.25, 0.3) is 0 Å². The van der Waals surface area contributed by atoms with Gasteiger partial charge in [0.05, 0.1) is 0 Å². The average molecular weight is 216 g/mol. The molecule has 0 bridgehead atoms. The minimum Gasteiger partial charge on any atom is -0.0952 e. The van der Waals surface area contributed by atoms with E-state index in [1.54, 1.807) is 0 Å². The first-order valence-electron chi connectivity index (χ1n) is 5.94. The zero-order valence-corrected chi connectivity index (χ0v) is 11.0. The fourth-order valence-corrected chi connectivity index (χ4v) is 1.06. The minimum atomic E-state index is 0.390. The third-order valence-corrected chi connectivity index (χ3v) is 2.48. The lowest BCUT2D eigenvalue weighted by Crippen LogP contribution is -1.90. The Bertz CT molecular complexity index is 311. The summed E-state index contributed by atoms with van der Waals surface area (Å²) in [4.78, 5) is 0. The summed E-state index contributed by atoms with van der Waals surface area (Å²) in [6.45, 7) is 12.5. The van der Waals surface area contributed by atoms with Crippen molar-refractivity contribution in [2.75, 3.05) is 0 Å². The molecule has 0 rings (SSSR count). The molecule has 16 heavy (non-hydrogen) atoms. The van der Waals surface area contributed by atoms with Crippen LogP contribution in [0.15, 0.2) is 60.3 Å². The monoisotopic (exact) mass is 216 g/mol. The van der Waals surface area contributed by atoms with E-state index >= 15 is 0 Å². The first-order chi connectivity index (χ1) is 7.61. The first-order valence-corrected chi connectivity index (χ1v) is 5.94. The fraction of sp³-hybridized carbons (Fsp3) is 0.375. The van der Waals surface area contributed by atoms with Gasteiger partial charge in [0.1, 0.15) is 0 Å². The molecule has 0 aliphatic rings. The third-order valence-electron chi connectivity index (χ3n) is 2.48. The predicted molar refractivity (Wildman–Crippen MR) is 75.4 cm³/mol. The van der Waals surface area contributed by atoms with Gasteiger partial charge < -0.3 is 0 Å². The van der Waals surface area contributed by atoms with Gasteiger partial charge in [0, 0.05) is 0 Å². The first kappa shape index (κ1) is 14.7. The van der Waals surface area contributed by atoms with Gasteiger partial charge in [-0.15, -0.1) is 0 Å². The molecule has 0 N–H and O–H groups in total. The van der Waals surface area contributed by atoms with Crippen molar-refractivity contribution in [3.05, 3.63) is 60.3 Å². The van der Waals surface area contributed by atoms with Crippen LogP contribution in [0.5, 0.6) is 0 Å². The van der Waals surface area contributed by atoms with Crippen LogP contribution in [0, 0.1) is 5.92 Å². The molecule has 0 radical (unpaired) electrons. The highest BCUT2D eigenvalue weighted by molar-refractivity contribution is 5.26. The van der Waals surface area contributed by atoms with Crippen LogP contribution in [-0.2, 0) is 0 Å². The van der Waals surface area contributed by atoms with Crippen molar-refractivity contribution in [1.29, 1.82) is 0 Å². The van der Waals surface area contributed by atoms with Gasteiger partial charge in [-0.3, -0.25) is 0 Å². The van der Waals surface area contributed by atoms with Crippen LogP contribution in [-0.4, -0.2) is 0 Å². The second-order valence-electron chi connectivity index (χ2n) is 3.95.